The summed E-state index contributed by atoms with van der Waals surface area (Å²) in [6.07, 6.45) is 7.68. The Labute approximate surface area is 128 Å². The molecule has 0 saturated carbocycles. The van der Waals surface area contributed by atoms with Crippen molar-refractivity contribution in [1.82, 2.24) is 5.32 Å². The highest BCUT2D eigenvalue weighted by Crippen LogP contribution is 2.06. The number of carbonyl (C=O) groups is 2. The number of ether oxygens (including phenoxy) is 2. The van der Waals surface area contributed by atoms with E-state index in [9.17, 15) is 9.59 Å². The van der Waals surface area contributed by atoms with Gasteiger partial charge in [-0.05, 0) is 19.8 Å². The lowest BCUT2D eigenvalue weighted by molar-refractivity contribution is -0.146. The number of rotatable bonds is 12. The number of unbranched alkanes of at least 4 members (excludes halogenated alkanes) is 5. The molecule has 0 aromatic rings. The fourth-order valence-electron chi connectivity index (χ4n) is 2.01. The summed E-state index contributed by atoms with van der Waals surface area (Å²) in [5.41, 5.74) is 0. The van der Waals surface area contributed by atoms with Crippen LogP contribution in [0.5, 0.6) is 0 Å². The zero-order chi connectivity index (χ0) is 15.9. The van der Waals surface area contributed by atoms with E-state index in [0.29, 0.717) is 13.0 Å². The molecule has 0 rings (SSSR count). The van der Waals surface area contributed by atoms with Gasteiger partial charge in [0.1, 0.15) is 6.04 Å². The number of alkyl carbamates (subject to hydrolysis) is 1. The first kappa shape index (κ1) is 19.7. The quantitative estimate of drug-likeness (QED) is 0.440. The molecule has 21 heavy (non-hydrogen) atoms. The van der Waals surface area contributed by atoms with E-state index >= 15 is 0 Å². The molecular weight excluding hydrogens is 270 g/mol. The predicted octanol–water partition coefficient (Wildman–Crippen LogP) is 3.80. The van der Waals surface area contributed by atoms with E-state index in [1.54, 1.807) is 6.92 Å². The summed E-state index contributed by atoms with van der Waals surface area (Å²) >= 11 is 0. The fourth-order valence-corrected chi connectivity index (χ4v) is 2.01. The van der Waals surface area contributed by atoms with E-state index in [2.05, 4.69) is 12.2 Å². The Morgan fingerprint density at radius 2 is 1.57 bits per heavy atom. The van der Waals surface area contributed by atoms with Crippen LogP contribution in [0.2, 0.25) is 0 Å². The molecule has 0 aliphatic heterocycles. The van der Waals surface area contributed by atoms with Crippen LogP contribution >= 0.6 is 0 Å². The van der Waals surface area contributed by atoms with Crippen LogP contribution in [0.1, 0.15) is 72.1 Å². The number of esters is 1. The second-order valence-electron chi connectivity index (χ2n) is 5.14. The van der Waals surface area contributed by atoms with Gasteiger partial charge in [0.05, 0.1) is 13.2 Å². The molecule has 0 aliphatic rings. The molecule has 0 aromatic heterocycles. The third kappa shape index (κ3) is 11.1. The average Bonchev–Trinajstić information content (AvgIpc) is 2.46. The van der Waals surface area contributed by atoms with Gasteiger partial charge in [-0.15, -0.1) is 0 Å². The molecular formula is C16H31NO4. The molecule has 0 fully saturated rings. The van der Waals surface area contributed by atoms with Crippen LogP contribution in [0.25, 0.3) is 0 Å². The minimum atomic E-state index is -0.603. The lowest BCUT2D eigenvalue weighted by Gasteiger charge is -2.16. The van der Waals surface area contributed by atoms with E-state index < -0.39 is 12.1 Å². The lowest BCUT2D eigenvalue weighted by Crippen LogP contribution is -2.42. The minimum absolute atomic E-state index is 0.289. The molecule has 1 unspecified atom stereocenters. The normalized spacial score (nSPS) is 11.8. The highest BCUT2D eigenvalue weighted by atomic mass is 16.6. The van der Waals surface area contributed by atoms with Gasteiger partial charge in [-0.1, -0.05) is 52.4 Å². The van der Waals surface area contributed by atoms with Crippen molar-refractivity contribution in [2.24, 2.45) is 0 Å². The van der Waals surface area contributed by atoms with Crippen molar-refractivity contribution in [3.63, 3.8) is 0 Å². The van der Waals surface area contributed by atoms with Gasteiger partial charge in [0, 0.05) is 0 Å². The van der Waals surface area contributed by atoms with Crippen LogP contribution in [-0.2, 0) is 14.3 Å². The Morgan fingerprint density at radius 3 is 2.19 bits per heavy atom. The van der Waals surface area contributed by atoms with Crippen LogP contribution in [0.3, 0.4) is 0 Å². The van der Waals surface area contributed by atoms with Crippen molar-refractivity contribution in [1.29, 1.82) is 0 Å². The maximum absolute atomic E-state index is 11.9. The van der Waals surface area contributed by atoms with Crippen LogP contribution in [0.15, 0.2) is 0 Å². The Balaban J connectivity index is 3.87. The summed E-state index contributed by atoms with van der Waals surface area (Å²) in [6.45, 7) is 6.59. The van der Waals surface area contributed by atoms with Gasteiger partial charge in [-0.2, -0.15) is 0 Å². The van der Waals surface area contributed by atoms with Gasteiger partial charge in [0.2, 0.25) is 0 Å². The second kappa shape index (κ2) is 13.7. The fraction of sp³-hybridized carbons (Fsp3) is 0.875. The highest BCUT2D eigenvalue weighted by Gasteiger charge is 2.21. The number of hydrogen-bond acceptors (Lipinski definition) is 4. The Hall–Kier alpha value is -1.26. The van der Waals surface area contributed by atoms with Gasteiger partial charge in [0.15, 0.2) is 0 Å². The summed E-state index contributed by atoms with van der Waals surface area (Å²) in [7, 11) is 0. The molecule has 0 heterocycles. The second-order valence-corrected chi connectivity index (χ2v) is 5.14. The summed E-state index contributed by atoms with van der Waals surface area (Å²) in [5, 5.41) is 2.55. The van der Waals surface area contributed by atoms with Gasteiger partial charge < -0.3 is 14.8 Å². The first-order valence-corrected chi connectivity index (χ1v) is 8.25. The molecule has 1 N–H and O–H groups in total. The zero-order valence-electron chi connectivity index (χ0n) is 13.8. The summed E-state index contributed by atoms with van der Waals surface area (Å²) in [6, 6.07) is -0.603. The standard InChI is InChI=1S/C16H31NO4/c1-4-7-8-9-10-11-13-21-15(18)14(12-5-2)17-16(19)20-6-3/h14H,4-13H2,1-3H3,(H,17,19). The number of nitrogens with one attached hydrogen (secondary N) is 1. The van der Waals surface area contributed by atoms with E-state index in [0.717, 1.165) is 19.3 Å². The largest absolute Gasteiger partial charge is 0.464 e. The molecule has 0 aromatic carbocycles. The maximum Gasteiger partial charge on any atom is 0.407 e. The molecule has 5 nitrogen and oxygen atoms in total. The monoisotopic (exact) mass is 301 g/mol. The summed E-state index contributed by atoms with van der Waals surface area (Å²) in [5.74, 6) is -0.363. The van der Waals surface area contributed by atoms with Gasteiger partial charge >= 0.3 is 12.1 Å². The Kier molecular flexibility index (Phi) is 12.9. The van der Waals surface area contributed by atoms with Gasteiger partial charge in [-0.25, -0.2) is 9.59 Å². The minimum Gasteiger partial charge on any atom is -0.464 e. The smallest absolute Gasteiger partial charge is 0.407 e. The van der Waals surface area contributed by atoms with Crippen molar-refractivity contribution in [3.05, 3.63) is 0 Å². The third-order valence-corrected chi connectivity index (χ3v) is 3.17. The predicted molar refractivity (Wildman–Crippen MR) is 83.2 cm³/mol. The molecule has 0 bridgehead atoms. The van der Waals surface area contributed by atoms with Crippen molar-refractivity contribution in [2.45, 2.75) is 78.2 Å². The molecule has 1 amide bonds. The van der Waals surface area contributed by atoms with Crippen LogP contribution in [-0.4, -0.2) is 31.3 Å². The SMILES string of the molecule is CCCCCCCCOC(=O)C(CCC)NC(=O)OCC. The molecule has 0 saturated heterocycles. The van der Waals surface area contributed by atoms with Gasteiger partial charge in [-0.3, -0.25) is 0 Å². The number of hydrogen-bond donors (Lipinski definition) is 1. The average molecular weight is 301 g/mol. The maximum atomic E-state index is 11.9. The molecule has 124 valence electrons. The molecule has 0 aliphatic carbocycles. The Morgan fingerprint density at radius 1 is 0.905 bits per heavy atom. The number of carbonyl (C=O) groups excluding carboxylic acids is 2. The molecule has 5 heteroatoms. The van der Waals surface area contributed by atoms with Crippen LogP contribution in [0.4, 0.5) is 4.79 Å². The number of amides is 1. The molecule has 0 radical (unpaired) electrons. The van der Waals surface area contributed by atoms with Crippen molar-refractivity contribution in [3.8, 4) is 0 Å². The summed E-state index contributed by atoms with van der Waals surface area (Å²) in [4.78, 5) is 23.3. The van der Waals surface area contributed by atoms with Crippen molar-refractivity contribution in [2.75, 3.05) is 13.2 Å². The summed E-state index contributed by atoms with van der Waals surface area (Å²) < 4.78 is 10.0. The molecule has 1 atom stereocenters. The highest BCUT2D eigenvalue weighted by molar-refractivity contribution is 5.81. The van der Waals surface area contributed by atoms with E-state index in [1.165, 1.54) is 25.7 Å². The lowest BCUT2D eigenvalue weighted by atomic mass is 10.1. The third-order valence-electron chi connectivity index (χ3n) is 3.17. The van der Waals surface area contributed by atoms with Crippen LogP contribution < -0.4 is 5.32 Å². The topological polar surface area (TPSA) is 64.6 Å². The van der Waals surface area contributed by atoms with E-state index in [-0.39, 0.29) is 12.6 Å². The first-order chi connectivity index (χ1) is 10.2. The van der Waals surface area contributed by atoms with Crippen molar-refractivity contribution < 1.29 is 19.1 Å². The van der Waals surface area contributed by atoms with E-state index in [4.69, 9.17) is 9.47 Å². The van der Waals surface area contributed by atoms with Crippen molar-refractivity contribution >= 4 is 12.1 Å². The van der Waals surface area contributed by atoms with Gasteiger partial charge in [0.25, 0.3) is 0 Å². The Bertz CT molecular complexity index is 281. The van der Waals surface area contributed by atoms with Crippen LogP contribution in [0, 0.1) is 0 Å². The molecule has 0 spiro atoms. The van der Waals surface area contributed by atoms with E-state index in [1.807, 2.05) is 6.92 Å². The zero-order valence-corrected chi connectivity index (χ0v) is 13.8. The first-order valence-electron chi connectivity index (χ1n) is 8.25.